The molecule has 2 rings (SSSR count). The number of aliphatic hydroxyl groups is 1. The summed E-state index contributed by atoms with van der Waals surface area (Å²) in [6.45, 7) is 3.82. The average Bonchev–Trinajstić information content (AvgIpc) is 2.48. The van der Waals surface area contributed by atoms with Crippen molar-refractivity contribution >= 4 is 11.9 Å². The zero-order valence-electron chi connectivity index (χ0n) is 11.2. The Labute approximate surface area is 117 Å². The van der Waals surface area contributed by atoms with Crippen molar-refractivity contribution in [3.05, 3.63) is 35.4 Å². The first kappa shape index (κ1) is 14.5. The first-order valence-corrected chi connectivity index (χ1v) is 6.67. The summed E-state index contributed by atoms with van der Waals surface area (Å²) in [6, 6.07) is 5.80. The quantitative estimate of drug-likeness (QED) is 0.632. The molecule has 1 saturated heterocycles. The van der Waals surface area contributed by atoms with Crippen LogP contribution in [0.25, 0.3) is 0 Å². The summed E-state index contributed by atoms with van der Waals surface area (Å²) in [7, 11) is 0. The number of piperazine rings is 1. The molecule has 0 aromatic heterocycles. The van der Waals surface area contributed by atoms with Crippen molar-refractivity contribution in [1.82, 2.24) is 4.90 Å². The molecule has 0 unspecified atom stereocenters. The zero-order valence-corrected chi connectivity index (χ0v) is 11.2. The number of carbonyl (C=O) groups is 2. The first-order valence-electron chi connectivity index (χ1n) is 6.67. The van der Waals surface area contributed by atoms with Crippen molar-refractivity contribution in [3.8, 4) is 0 Å². The highest BCUT2D eigenvalue weighted by molar-refractivity contribution is 5.95. The van der Waals surface area contributed by atoms with Crippen LogP contribution in [0.3, 0.4) is 0 Å². The fourth-order valence-electron chi connectivity index (χ4n) is 2.37. The monoisotopic (exact) mass is 278 g/mol. The van der Waals surface area contributed by atoms with Gasteiger partial charge in [0, 0.05) is 5.56 Å². The number of carboxylic acid groups (broad SMARTS) is 1. The van der Waals surface area contributed by atoms with Crippen LogP contribution in [-0.2, 0) is 0 Å². The Morgan fingerprint density at radius 3 is 2.20 bits per heavy atom. The maximum atomic E-state index is 12.2. The lowest BCUT2D eigenvalue weighted by Crippen LogP contribution is -3.15. The number of quaternary nitrogens is 1. The van der Waals surface area contributed by atoms with Crippen LogP contribution in [0.15, 0.2) is 24.3 Å². The van der Waals surface area contributed by atoms with Gasteiger partial charge in [-0.2, -0.15) is 0 Å². The van der Waals surface area contributed by atoms with E-state index in [1.807, 2.05) is 0 Å². The highest BCUT2D eigenvalue weighted by atomic mass is 16.4. The van der Waals surface area contributed by atoms with Crippen LogP contribution in [0, 0.1) is 0 Å². The lowest BCUT2D eigenvalue weighted by Gasteiger charge is -2.32. The second kappa shape index (κ2) is 6.49. The van der Waals surface area contributed by atoms with Crippen molar-refractivity contribution < 1.29 is 24.7 Å². The summed E-state index contributed by atoms with van der Waals surface area (Å²) in [4.78, 5) is 26.0. The Morgan fingerprint density at radius 2 is 1.70 bits per heavy atom. The van der Waals surface area contributed by atoms with E-state index in [1.54, 1.807) is 4.90 Å². The number of nitrogens with zero attached hydrogens (tertiary/aromatic N) is 1. The lowest BCUT2D eigenvalue weighted by molar-refractivity contribution is -0.904. The van der Waals surface area contributed by atoms with Crippen LogP contribution in [-0.4, -0.2) is 61.2 Å². The zero-order chi connectivity index (χ0) is 14.5. The molecule has 2 N–H and O–H groups in total. The predicted octanol–water partition coefficient (Wildman–Crippen LogP) is -2.62. The molecule has 0 saturated carbocycles. The molecular weight excluding hydrogens is 260 g/mol. The van der Waals surface area contributed by atoms with Gasteiger partial charge in [0.2, 0.25) is 0 Å². The van der Waals surface area contributed by atoms with Gasteiger partial charge in [0.25, 0.3) is 5.91 Å². The first-order chi connectivity index (χ1) is 9.61. The Kier molecular flexibility index (Phi) is 4.70. The van der Waals surface area contributed by atoms with Crippen molar-refractivity contribution in [1.29, 1.82) is 0 Å². The lowest BCUT2D eigenvalue weighted by atomic mass is 10.1. The fourth-order valence-corrected chi connectivity index (χ4v) is 2.37. The Bertz CT molecular complexity index is 478. The molecule has 1 amide bonds. The summed E-state index contributed by atoms with van der Waals surface area (Å²) < 4.78 is 0. The number of hydrogen-bond acceptors (Lipinski definition) is 4. The largest absolute Gasteiger partial charge is 0.545 e. The van der Waals surface area contributed by atoms with E-state index in [1.165, 1.54) is 29.2 Å². The molecule has 20 heavy (non-hydrogen) atoms. The van der Waals surface area contributed by atoms with Crippen LogP contribution in [0.5, 0.6) is 0 Å². The van der Waals surface area contributed by atoms with Gasteiger partial charge in [0.15, 0.2) is 0 Å². The second-order valence-electron chi connectivity index (χ2n) is 4.88. The van der Waals surface area contributed by atoms with Gasteiger partial charge in [-0.1, -0.05) is 12.1 Å². The summed E-state index contributed by atoms with van der Waals surface area (Å²) in [5, 5.41) is 19.5. The van der Waals surface area contributed by atoms with Crippen molar-refractivity contribution in [3.63, 3.8) is 0 Å². The number of carbonyl (C=O) groups excluding carboxylic acids is 2. The number of carboxylic acids is 1. The summed E-state index contributed by atoms with van der Waals surface area (Å²) in [5.41, 5.74) is 0.555. The second-order valence-corrected chi connectivity index (χ2v) is 4.88. The van der Waals surface area contributed by atoms with Crippen LogP contribution < -0.4 is 10.0 Å². The third kappa shape index (κ3) is 3.34. The molecule has 6 nitrogen and oxygen atoms in total. The molecule has 1 aliphatic heterocycles. The molecule has 0 bridgehead atoms. The third-order valence-corrected chi connectivity index (χ3v) is 3.59. The summed E-state index contributed by atoms with van der Waals surface area (Å²) in [6.07, 6.45) is 0. The van der Waals surface area contributed by atoms with Gasteiger partial charge in [0.1, 0.15) is 6.54 Å². The number of nitrogens with one attached hydrogen (secondary N) is 1. The highest BCUT2D eigenvalue weighted by Crippen LogP contribution is 2.07. The molecule has 1 aromatic carbocycles. The topological polar surface area (TPSA) is 85.1 Å². The highest BCUT2D eigenvalue weighted by Gasteiger charge is 2.23. The molecule has 1 fully saturated rings. The molecule has 0 radical (unpaired) electrons. The Morgan fingerprint density at radius 1 is 1.15 bits per heavy atom. The Hall–Kier alpha value is -1.92. The molecule has 1 aliphatic rings. The van der Waals surface area contributed by atoms with Crippen LogP contribution in [0.2, 0.25) is 0 Å². The van der Waals surface area contributed by atoms with Gasteiger partial charge < -0.3 is 24.8 Å². The van der Waals surface area contributed by atoms with Crippen molar-refractivity contribution in [2.75, 3.05) is 39.3 Å². The minimum Gasteiger partial charge on any atom is -0.545 e. The third-order valence-electron chi connectivity index (χ3n) is 3.59. The van der Waals surface area contributed by atoms with E-state index in [0.29, 0.717) is 25.2 Å². The minimum atomic E-state index is -1.25. The van der Waals surface area contributed by atoms with Crippen LogP contribution >= 0.6 is 0 Å². The standard InChI is InChI=1S/C14H18N2O4/c17-10-9-15-5-7-16(8-6-15)13(18)11-1-3-12(4-2-11)14(19)20/h1-4,17H,5-10H2,(H,19,20). The van der Waals surface area contributed by atoms with E-state index < -0.39 is 5.97 Å². The number of benzene rings is 1. The fraction of sp³-hybridized carbons (Fsp3) is 0.429. The normalized spacial score (nSPS) is 16.1. The molecule has 0 aliphatic carbocycles. The molecule has 1 aromatic rings. The van der Waals surface area contributed by atoms with E-state index in [2.05, 4.69) is 0 Å². The van der Waals surface area contributed by atoms with Gasteiger partial charge in [-0.15, -0.1) is 0 Å². The minimum absolute atomic E-state index is 0.0683. The Balaban J connectivity index is 1.96. The molecule has 1 heterocycles. The number of aromatic carboxylic acids is 1. The van der Waals surface area contributed by atoms with Crippen LogP contribution in [0.4, 0.5) is 0 Å². The van der Waals surface area contributed by atoms with E-state index in [0.717, 1.165) is 13.1 Å². The molecule has 0 atom stereocenters. The van der Waals surface area contributed by atoms with Gasteiger partial charge in [-0.3, -0.25) is 4.79 Å². The van der Waals surface area contributed by atoms with Gasteiger partial charge >= 0.3 is 0 Å². The van der Waals surface area contributed by atoms with Crippen LogP contribution in [0.1, 0.15) is 20.7 Å². The number of rotatable bonds is 4. The van der Waals surface area contributed by atoms with E-state index in [9.17, 15) is 14.7 Å². The van der Waals surface area contributed by atoms with Crippen molar-refractivity contribution in [2.24, 2.45) is 0 Å². The van der Waals surface area contributed by atoms with Gasteiger partial charge in [-0.05, 0) is 17.7 Å². The smallest absolute Gasteiger partial charge is 0.254 e. The van der Waals surface area contributed by atoms with Gasteiger partial charge in [0.05, 0.1) is 38.8 Å². The SMILES string of the molecule is O=C([O-])c1ccc(C(=O)N2CC[NH+](CCO)CC2)cc1. The van der Waals surface area contributed by atoms with E-state index in [4.69, 9.17) is 5.11 Å². The molecular formula is C14H18N2O4. The van der Waals surface area contributed by atoms with E-state index >= 15 is 0 Å². The molecule has 0 spiro atoms. The number of aliphatic hydroxyl groups excluding tert-OH is 1. The maximum absolute atomic E-state index is 12.2. The van der Waals surface area contributed by atoms with E-state index in [-0.39, 0.29) is 18.1 Å². The molecule has 108 valence electrons. The summed E-state index contributed by atoms with van der Waals surface area (Å²) >= 11 is 0. The van der Waals surface area contributed by atoms with Gasteiger partial charge in [-0.25, -0.2) is 0 Å². The average molecular weight is 278 g/mol. The number of amides is 1. The maximum Gasteiger partial charge on any atom is 0.254 e. The van der Waals surface area contributed by atoms with Crippen molar-refractivity contribution in [2.45, 2.75) is 0 Å². The number of hydrogen-bond donors (Lipinski definition) is 2. The predicted molar refractivity (Wildman–Crippen MR) is 69.3 cm³/mol. The summed E-state index contributed by atoms with van der Waals surface area (Å²) in [5.74, 6) is -1.33. The molecule has 6 heteroatoms.